The Morgan fingerprint density at radius 2 is 1.83 bits per heavy atom. The van der Waals surface area contributed by atoms with Crippen molar-refractivity contribution in [2.75, 3.05) is 51.3 Å². The second-order valence-electron chi connectivity index (χ2n) is 11.8. The SMILES string of the molecule is CCc1cc(C[C@@H](NC(=O)N2CCC(N3Cc4sccc4NC3=O)CC2)C(=O)N2CCC(N(C)C)CC2)cc(Cl)c1N. The molecule has 12 heteroatoms. The van der Waals surface area contributed by atoms with Gasteiger partial charge in [0.2, 0.25) is 5.91 Å². The highest BCUT2D eigenvalue weighted by molar-refractivity contribution is 7.10. The molecule has 228 valence electrons. The summed E-state index contributed by atoms with van der Waals surface area (Å²) in [4.78, 5) is 49.0. The zero-order valence-corrected chi connectivity index (χ0v) is 26.3. The van der Waals surface area contributed by atoms with Crippen molar-refractivity contribution in [2.45, 2.75) is 70.1 Å². The van der Waals surface area contributed by atoms with Gasteiger partial charge in [-0.05, 0) is 74.8 Å². The lowest BCUT2D eigenvalue weighted by atomic mass is 9.98. The maximum Gasteiger partial charge on any atom is 0.322 e. The molecular formula is C30H42ClN7O3S. The summed E-state index contributed by atoms with van der Waals surface area (Å²) in [6, 6.07) is 5.17. The maximum atomic E-state index is 13.8. The van der Waals surface area contributed by atoms with Crippen molar-refractivity contribution in [1.82, 2.24) is 24.9 Å². The minimum absolute atomic E-state index is 0.0594. The molecule has 2 fully saturated rings. The Labute approximate surface area is 257 Å². The molecule has 42 heavy (non-hydrogen) atoms. The normalized spacial score (nSPS) is 19.1. The number of thiophene rings is 1. The van der Waals surface area contributed by atoms with Crippen LogP contribution in [0.1, 0.15) is 48.6 Å². The summed E-state index contributed by atoms with van der Waals surface area (Å²) in [7, 11) is 4.14. The lowest BCUT2D eigenvalue weighted by molar-refractivity contribution is -0.134. The molecule has 1 aromatic carbocycles. The average Bonchev–Trinajstić information content (AvgIpc) is 3.45. The van der Waals surface area contributed by atoms with Crippen molar-refractivity contribution < 1.29 is 14.4 Å². The predicted octanol–water partition coefficient (Wildman–Crippen LogP) is 4.23. The Kier molecular flexibility index (Phi) is 9.49. The van der Waals surface area contributed by atoms with Gasteiger partial charge in [-0.25, -0.2) is 9.59 Å². The third-order valence-corrected chi connectivity index (χ3v) is 10.2. The number of urea groups is 2. The number of nitrogens with zero attached hydrogens (tertiary/aromatic N) is 4. The molecule has 1 aromatic heterocycles. The average molecular weight is 616 g/mol. The summed E-state index contributed by atoms with van der Waals surface area (Å²) >= 11 is 8.08. The van der Waals surface area contributed by atoms with E-state index in [4.69, 9.17) is 17.3 Å². The molecule has 0 saturated carbocycles. The van der Waals surface area contributed by atoms with Crippen LogP contribution in [0.2, 0.25) is 5.02 Å². The number of carbonyl (C=O) groups is 3. The van der Waals surface area contributed by atoms with E-state index in [0.717, 1.165) is 41.0 Å². The first-order valence-corrected chi connectivity index (χ1v) is 16.1. The Morgan fingerprint density at radius 1 is 1.14 bits per heavy atom. The third kappa shape index (κ3) is 6.63. The van der Waals surface area contributed by atoms with E-state index in [1.54, 1.807) is 22.3 Å². The van der Waals surface area contributed by atoms with Crippen molar-refractivity contribution in [3.05, 3.63) is 44.6 Å². The van der Waals surface area contributed by atoms with Crippen molar-refractivity contribution in [3.8, 4) is 0 Å². The number of carbonyl (C=O) groups excluding carboxylic acids is 3. The molecule has 0 aliphatic carbocycles. The summed E-state index contributed by atoms with van der Waals surface area (Å²) in [6.45, 7) is 4.96. The molecule has 4 N–H and O–H groups in total. The van der Waals surface area contributed by atoms with Crippen LogP contribution in [-0.2, 0) is 24.2 Å². The van der Waals surface area contributed by atoms with E-state index in [1.807, 2.05) is 34.2 Å². The molecule has 3 aliphatic rings. The van der Waals surface area contributed by atoms with Gasteiger partial charge in [0.1, 0.15) is 6.04 Å². The van der Waals surface area contributed by atoms with Gasteiger partial charge in [-0.3, -0.25) is 4.79 Å². The van der Waals surface area contributed by atoms with Crippen LogP contribution in [0.15, 0.2) is 23.6 Å². The van der Waals surface area contributed by atoms with Gasteiger partial charge in [-0.15, -0.1) is 11.3 Å². The van der Waals surface area contributed by atoms with Gasteiger partial charge in [0.25, 0.3) is 0 Å². The lowest BCUT2D eigenvalue weighted by Gasteiger charge is -2.40. The van der Waals surface area contributed by atoms with Crippen LogP contribution < -0.4 is 16.4 Å². The number of nitrogens with two attached hydrogens (primary N) is 1. The van der Waals surface area contributed by atoms with Crippen molar-refractivity contribution in [2.24, 2.45) is 0 Å². The quantitative estimate of drug-likeness (QED) is 0.404. The van der Waals surface area contributed by atoms with Crippen LogP contribution in [0, 0.1) is 0 Å². The number of rotatable bonds is 7. The number of amides is 5. The fourth-order valence-corrected chi connectivity index (χ4v) is 7.40. The number of halogens is 1. The first-order valence-electron chi connectivity index (χ1n) is 14.9. The van der Waals surface area contributed by atoms with Crippen molar-refractivity contribution in [3.63, 3.8) is 0 Å². The Hall–Kier alpha value is -3.02. The topological polar surface area (TPSA) is 114 Å². The largest absolute Gasteiger partial charge is 0.397 e. The summed E-state index contributed by atoms with van der Waals surface area (Å²) in [6.07, 6.45) is 4.23. The number of benzene rings is 1. The third-order valence-electron chi connectivity index (χ3n) is 8.95. The fraction of sp³-hybridized carbons (Fsp3) is 0.567. The smallest absolute Gasteiger partial charge is 0.322 e. The monoisotopic (exact) mass is 615 g/mol. The first kappa shape index (κ1) is 30.4. The van der Waals surface area contributed by atoms with Gasteiger partial charge in [-0.1, -0.05) is 24.6 Å². The maximum absolute atomic E-state index is 13.8. The number of hydrogen-bond donors (Lipinski definition) is 3. The van der Waals surface area contributed by atoms with Crippen LogP contribution >= 0.6 is 22.9 Å². The number of likely N-dealkylation sites (tertiary alicyclic amines) is 2. The minimum Gasteiger partial charge on any atom is -0.397 e. The molecule has 0 radical (unpaired) electrons. The van der Waals surface area contributed by atoms with Crippen molar-refractivity contribution >= 4 is 52.3 Å². The highest BCUT2D eigenvalue weighted by atomic mass is 35.5. The van der Waals surface area contributed by atoms with E-state index < -0.39 is 6.04 Å². The predicted molar refractivity (Wildman–Crippen MR) is 168 cm³/mol. The molecule has 5 rings (SSSR count). The minimum atomic E-state index is -0.722. The van der Waals surface area contributed by atoms with E-state index in [0.29, 0.717) is 68.7 Å². The molecule has 2 aromatic rings. The van der Waals surface area contributed by atoms with Gasteiger partial charge in [0.05, 0.1) is 22.9 Å². The number of hydrogen-bond acceptors (Lipinski definition) is 6. The van der Waals surface area contributed by atoms with E-state index >= 15 is 0 Å². The lowest BCUT2D eigenvalue weighted by Crippen LogP contribution is -2.57. The van der Waals surface area contributed by atoms with Crippen LogP contribution in [-0.4, -0.2) is 96.0 Å². The van der Waals surface area contributed by atoms with Gasteiger partial charge in [0, 0.05) is 49.6 Å². The van der Waals surface area contributed by atoms with E-state index in [2.05, 4.69) is 29.6 Å². The second kappa shape index (κ2) is 13.1. The Balaban J connectivity index is 1.25. The van der Waals surface area contributed by atoms with Crippen molar-refractivity contribution in [1.29, 1.82) is 0 Å². The first-order chi connectivity index (χ1) is 20.1. The molecule has 0 bridgehead atoms. The molecule has 5 amide bonds. The fourth-order valence-electron chi connectivity index (χ4n) is 6.31. The summed E-state index contributed by atoms with van der Waals surface area (Å²) in [5.74, 6) is -0.0711. The molecule has 2 saturated heterocycles. The highest BCUT2D eigenvalue weighted by Gasteiger charge is 2.35. The second-order valence-corrected chi connectivity index (χ2v) is 13.2. The van der Waals surface area contributed by atoms with Gasteiger partial charge in [-0.2, -0.15) is 0 Å². The number of piperidine rings is 2. The summed E-state index contributed by atoms with van der Waals surface area (Å²) in [5, 5.41) is 8.51. The van der Waals surface area contributed by atoms with E-state index in [1.165, 1.54) is 0 Å². The molecule has 3 aliphatic heterocycles. The van der Waals surface area contributed by atoms with Gasteiger partial charge >= 0.3 is 12.1 Å². The molecule has 10 nitrogen and oxygen atoms in total. The standard InChI is InChI=1S/C30H42ClN7O3S/c1-4-20-15-19(16-23(31)27(20)32)17-25(28(39)36-10-5-21(6-11-36)35(2)3)34-29(40)37-12-7-22(8-13-37)38-18-26-24(9-14-42-26)33-30(38)41/h9,14-16,21-22,25H,4-8,10-13,17-18,32H2,1-3H3,(H,33,41)(H,34,40)/t25-/m1/s1. The Morgan fingerprint density at radius 3 is 2.50 bits per heavy atom. The van der Waals surface area contributed by atoms with E-state index in [-0.39, 0.29) is 24.0 Å². The van der Waals surface area contributed by atoms with Crippen LogP contribution in [0.3, 0.4) is 0 Å². The molecular weight excluding hydrogens is 574 g/mol. The van der Waals surface area contributed by atoms with Crippen LogP contribution in [0.4, 0.5) is 21.0 Å². The van der Waals surface area contributed by atoms with E-state index in [9.17, 15) is 14.4 Å². The van der Waals surface area contributed by atoms with Crippen LogP contribution in [0.25, 0.3) is 0 Å². The zero-order chi connectivity index (χ0) is 30.0. The van der Waals surface area contributed by atoms with Gasteiger partial charge in [0.15, 0.2) is 0 Å². The zero-order valence-electron chi connectivity index (χ0n) is 24.7. The van der Waals surface area contributed by atoms with Gasteiger partial charge < -0.3 is 36.0 Å². The number of nitrogens with one attached hydrogen (secondary N) is 2. The number of aryl methyl sites for hydroxylation is 1. The molecule has 0 spiro atoms. The summed E-state index contributed by atoms with van der Waals surface area (Å²) < 4.78 is 0. The number of anilines is 2. The highest BCUT2D eigenvalue weighted by Crippen LogP contribution is 2.31. The summed E-state index contributed by atoms with van der Waals surface area (Å²) in [5.41, 5.74) is 9.42. The Bertz CT molecular complexity index is 1300. The number of nitrogen functional groups attached to an aromatic ring is 1. The molecule has 4 heterocycles. The molecule has 1 atom stereocenters. The number of fused-ring (bicyclic) bond motifs is 1. The molecule has 0 unspecified atom stereocenters. The van der Waals surface area contributed by atoms with Crippen LogP contribution in [0.5, 0.6) is 0 Å².